The lowest BCUT2D eigenvalue weighted by Gasteiger charge is -2.14. The van der Waals surface area contributed by atoms with Crippen LogP contribution in [0.4, 0.5) is 17.5 Å². The van der Waals surface area contributed by atoms with Gasteiger partial charge in [-0.25, -0.2) is 27.1 Å². The number of fused-ring (bicyclic) bond motifs is 4. The first-order valence-corrected chi connectivity index (χ1v) is 15.9. The summed E-state index contributed by atoms with van der Waals surface area (Å²) in [5.41, 5.74) is 3.11. The van der Waals surface area contributed by atoms with Gasteiger partial charge in [0.1, 0.15) is 5.82 Å². The standard InChI is InChI=1S/C27H27ClN6O3S2/c28-21-5-3-8-24(15-21)39(36,37)32-17-19-9-11-20(12-10-19)25-18-31-27-33-22-6-4-7-23(16-22)38(29,35)14-2-1-13-30-26(25)34-27/h3-12,15-16,18,29,32H,1-2,13-14,17H2,(H2,30,31,33,34). The van der Waals surface area contributed by atoms with E-state index in [1.807, 2.05) is 30.3 Å². The van der Waals surface area contributed by atoms with Crippen molar-refractivity contribution in [3.63, 3.8) is 0 Å². The van der Waals surface area contributed by atoms with Gasteiger partial charge in [0.25, 0.3) is 0 Å². The fraction of sp³-hybridized carbons (Fsp3) is 0.185. The van der Waals surface area contributed by atoms with Crippen LogP contribution >= 0.6 is 11.6 Å². The van der Waals surface area contributed by atoms with E-state index in [0.29, 0.717) is 40.3 Å². The fourth-order valence-electron chi connectivity index (χ4n) is 4.15. The van der Waals surface area contributed by atoms with Crippen LogP contribution in [0, 0.1) is 4.78 Å². The molecule has 1 aliphatic heterocycles. The Morgan fingerprint density at radius 3 is 2.62 bits per heavy atom. The number of halogens is 1. The number of anilines is 3. The van der Waals surface area contributed by atoms with Gasteiger partial charge in [0.15, 0.2) is 0 Å². The normalized spacial score (nSPS) is 17.6. The highest BCUT2D eigenvalue weighted by atomic mass is 35.5. The second-order valence-corrected chi connectivity index (χ2v) is 13.5. The largest absolute Gasteiger partial charge is 0.369 e. The molecule has 0 fully saturated rings. The lowest BCUT2D eigenvalue weighted by atomic mass is 10.1. The van der Waals surface area contributed by atoms with Gasteiger partial charge in [-0.1, -0.05) is 48.0 Å². The Bertz CT molecular complexity index is 1710. The van der Waals surface area contributed by atoms with Crippen LogP contribution < -0.4 is 15.4 Å². The number of sulfonamides is 1. The van der Waals surface area contributed by atoms with Crippen LogP contribution in [0.5, 0.6) is 0 Å². The molecule has 3 aromatic carbocycles. The van der Waals surface area contributed by atoms with E-state index < -0.39 is 19.8 Å². The summed E-state index contributed by atoms with van der Waals surface area (Å²) < 4.78 is 49.1. The third-order valence-electron chi connectivity index (χ3n) is 6.25. The summed E-state index contributed by atoms with van der Waals surface area (Å²) in [5.74, 6) is 1.31. The molecule has 4 aromatic rings. The monoisotopic (exact) mass is 582 g/mol. The van der Waals surface area contributed by atoms with Gasteiger partial charge in [-0.2, -0.15) is 4.98 Å². The molecule has 4 bridgehead atoms. The molecule has 1 aromatic heterocycles. The molecule has 39 heavy (non-hydrogen) atoms. The lowest BCUT2D eigenvalue weighted by Crippen LogP contribution is -2.23. The number of hydrogen-bond acceptors (Lipinski definition) is 8. The number of aromatic nitrogens is 2. The molecule has 0 amide bonds. The summed E-state index contributed by atoms with van der Waals surface area (Å²) in [4.78, 5) is 9.76. The quantitative estimate of drug-likeness (QED) is 0.239. The highest BCUT2D eigenvalue weighted by molar-refractivity contribution is 7.92. The summed E-state index contributed by atoms with van der Waals surface area (Å²) in [6.07, 6.45) is 3.10. The molecule has 5 rings (SSSR count). The minimum absolute atomic E-state index is 0.111. The van der Waals surface area contributed by atoms with E-state index in [2.05, 4.69) is 25.3 Å². The van der Waals surface area contributed by atoms with Crippen LogP contribution in [0.2, 0.25) is 5.02 Å². The average Bonchev–Trinajstić information content (AvgIpc) is 2.92. The van der Waals surface area contributed by atoms with Gasteiger partial charge >= 0.3 is 0 Å². The van der Waals surface area contributed by atoms with Gasteiger partial charge in [-0.05, 0) is 60.4 Å². The van der Waals surface area contributed by atoms with E-state index in [-0.39, 0.29) is 17.2 Å². The molecule has 202 valence electrons. The zero-order valence-corrected chi connectivity index (χ0v) is 23.2. The third kappa shape index (κ3) is 6.56. The van der Waals surface area contributed by atoms with E-state index in [1.54, 1.807) is 36.5 Å². The van der Waals surface area contributed by atoms with E-state index >= 15 is 0 Å². The second-order valence-electron chi connectivity index (χ2n) is 9.10. The SMILES string of the molecule is N=S1(=O)CCCCNc2nc(ncc2-c2ccc(CNS(=O)(=O)c3cccc(Cl)c3)cc2)Nc2cccc1c2. The van der Waals surface area contributed by atoms with Gasteiger partial charge in [0.2, 0.25) is 16.0 Å². The van der Waals surface area contributed by atoms with Gasteiger partial charge < -0.3 is 10.6 Å². The van der Waals surface area contributed by atoms with Crippen molar-refractivity contribution in [3.8, 4) is 11.1 Å². The molecule has 1 atom stereocenters. The Morgan fingerprint density at radius 1 is 1.03 bits per heavy atom. The lowest BCUT2D eigenvalue weighted by molar-refractivity contribution is 0.581. The molecule has 0 saturated carbocycles. The van der Waals surface area contributed by atoms with Crippen LogP contribution in [-0.2, 0) is 26.3 Å². The molecular formula is C27H27ClN6O3S2. The molecule has 1 unspecified atom stereocenters. The molecule has 1 aliphatic rings. The van der Waals surface area contributed by atoms with E-state index in [9.17, 15) is 12.6 Å². The maximum absolute atomic E-state index is 12.9. The summed E-state index contributed by atoms with van der Waals surface area (Å²) in [6, 6.07) is 20.7. The summed E-state index contributed by atoms with van der Waals surface area (Å²) in [7, 11) is -6.58. The number of nitrogens with zero attached hydrogens (tertiary/aromatic N) is 2. The summed E-state index contributed by atoms with van der Waals surface area (Å²) in [6.45, 7) is 0.720. The molecule has 2 heterocycles. The van der Waals surface area contributed by atoms with Crippen LogP contribution in [0.1, 0.15) is 18.4 Å². The van der Waals surface area contributed by atoms with E-state index in [1.165, 1.54) is 12.1 Å². The zero-order chi connectivity index (χ0) is 27.5. The van der Waals surface area contributed by atoms with Crippen molar-refractivity contribution in [1.29, 1.82) is 4.78 Å². The van der Waals surface area contributed by atoms with Crippen molar-refractivity contribution in [2.24, 2.45) is 0 Å². The summed E-state index contributed by atoms with van der Waals surface area (Å²) in [5, 5.41) is 6.86. The van der Waals surface area contributed by atoms with Crippen molar-refractivity contribution in [2.45, 2.75) is 29.2 Å². The van der Waals surface area contributed by atoms with Crippen LogP contribution in [0.15, 0.2) is 88.8 Å². The summed E-state index contributed by atoms with van der Waals surface area (Å²) >= 11 is 5.94. The predicted molar refractivity (Wildman–Crippen MR) is 154 cm³/mol. The van der Waals surface area contributed by atoms with Gasteiger partial charge in [-0.3, -0.25) is 0 Å². The number of hydrogen-bond donors (Lipinski definition) is 4. The Labute approximate surface area is 233 Å². The van der Waals surface area contributed by atoms with Gasteiger partial charge in [0.05, 0.1) is 14.6 Å². The molecule has 9 nitrogen and oxygen atoms in total. The van der Waals surface area contributed by atoms with Gasteiger partial charge in [0, 0.05) is 46.2 Å². The zero-order valence-electron chi connectivity index (χ0n) is 20.9. The maximum Gasteiger partial charge on any atom is 0.240 e. The second kappa shape index (κ2) is 11.3. The third-order valence-corrected chi connectivity index (χ3v) is 9.76. The molecule has 12 heteroatoms. The average molecular weight is 583 g/mol. The van der Waals surface area contributed by atoms with Crippen molar-refractivity contribution in [2.75, 3.05) is 22.9 Å². The Balaban J connectivity index is 1.36. The van der Waals surface area contributed by atoms with E-state index in [0.717, 1.165) is 23.1 Å². The van der Waals surface area contributed by atoms with Crippen molar-refractivity contribution in [3.05, 3.63) is 89.6 Å². The Morgan fingerprint density at radius 2 is 1.82 bits per heavy atom. The topological polar surface area (TPSA) is 137 Å². The highest BCUT2D eigenvalue weighted by Crippen LogP contribution is 2.29. The van der Waals surface area contributed by atoms with Crippen molar-refractivity contribution in [1.82, 2.24) is 14.7 Å². The predicted octanol–water partition coefficient (Wildman–Crippen LogP) is 5.63. The molecular weight excluding hydrogens is 556 g/mol. The first kappa shape index (κ1) is 27.1. The Hall–Kier alpha value is -3.51. The van der Waals surface area contributed by atoms with Crippen LogP contribution in [0.25, 0.3) is 11.1 Å². The minimum Gasteiger partial charge on any atom is -0.369 e. The number of rotatable bonds is 5. The molecule has 4 N–H and O–H groups in total. The number of benzene rings is 3. The smallest absolute Gasteiger partial charge is 0.240 e. The van der Waals surface area contributed by atoms with Crippen molar-refractivity contribution >= 4 is 48.8 Å². The van der Waals surface area contributed by atoms with Crippen LogP contribution in [-0.4, -0.2) is 34.9 Å². The van der Waals surface area contributed by atoms with Gasteiger partial charge in [-0.15, -0.1) is 0 Å². The first-order chi connectivity index (χ1) is 18.7. The number of nitrogens with one attached hydrogen (secondary N) is 4. The minimum atomic E-state index is -3.70. The maximum atomic E-state index is 12.9. The fourth-order valence-corrected chi connectivity index (χ4v) is 6.93. The molecule has 0 radical (unpaired) electrons. The van der Waals surface area contributed by atoms with Crippen LogP contribution in [0.3, 0.4) is 0 Å². The van der Waals surface area contributed by atoms with Crippen molar-refractivity contribution < 1.29 is 12.6 Å². The van der Waals surface area contributed by atoms with E-state index in [4.69, 9.17) is 16.4 Å². The highest BCUT2D eigenvalue weighted by Gasteiger charge is 2.16. The first-order valence-electron chi connectivity index (χ1n) is 12.3. The Kier molecular flexibility index (Phi) is 7.85. The molecule has 0 spiro atoms. The molecule has 0 aliphatic carbocycles. The molecule has 0 saturated heterocycles.